The van der Waals surface area contributed by atoms with Crippen molar-refractivity contribution in [3.05, 3.63) is 16.1 Å². The number of hydrogen-bond donors (Lipinski definition) is 1. The van der Waals surface area contributed by atoms with Crippen LogP contribution >= 0.6 is 11.3 Å². The molecule has 1 aliphatic rings. The molecule has 4 heteroatoms. The van der Waals surface area contributed by atoms with Gasteiger partial charge in [0.15, 0.2) is 0 Å². The highest BCUT2D eigenvalue weighted by Crippen LogP contribution is 2.33. The largest absolute Gasteiger partial charge is 0.381 e. The van der Waals surface area contributed by atoms with E-state index >= 15 is 0 Å². The van der Waals surface area contributed by atoms with Crippen LogP contribution in [0.25, 0.3) is 0 Å². The van der Waals surface area contributed by atoms with Crippen molar-refractivity contribution in [1.29, 1.82) is 0 Å². The Morgan fingerprint density at radius 3 is 2.88 bits per heavy atom. The number of aromatic nitrogens is 1. The van der Waals surface area contributed by atoms with Crippen molar-refractivity contribution in [3.8, 4) is 0 Å². The summed E-state index contributed by atoms with van der Waals surface area (Å²) in [6, 6.07) is 0.474. The van der Waals surface area contributed by atoms with E-state index in [-0.39, 0.29) is 0 Å². The van der Waals surface area contributed by atoms with Crippen LogP contribution in [0.3, 0.4) is 0 Å². The quantitative estimate of drug-likeness (QED) is 0.878. The van der Waals surface area contributed by atoms with Crippen LogP contribution in [0.5, 0.6) is 0 Å². The Morgan fingerprint density at radius 1 is 1.56 bits per heavy atom. The Balaban J connectivity index is 2.12. The van der Waals surface area contributed by atoms with Crippen LogP contribution in [0.2, 0.25) is 0 Å². The van der Waals surface area contributed by atoms with E-state index in [0.717, 1.165) is 32.6 Å². The fourth-order valence-electron chi connectivity index (χ4n) is 2.35. The van der Waals surface area contributed by atoms with E-state index in [4.69, 9.17) is 4.74 Å². The molecule has 1 atom stereocenters. The summed E-state index contributed by atoms with van der Waals surface area (Å²) in [5.74, 6) is 0.702. The number of hydrogen-bond acceptors (Lipinski definition) is 4. The molecule has 3 nitrogen and oxygen atoms in total. The highest BCUT2D eigenvalue weighted by Gasteiger charge is 2.26. The van der Waals surface area contributed by atoms with E-state index in [1.165, 1.54) is 10.6 Å². The third-order valence-corrected chi connectivity index (χ3v) is 4.24. The van der Waals surface area contributed by atoms with Gasteiger partial charge in [0.1, 0.15) is 0 Å². The second-order valence-corrected chi connectivity index (χ2v) is 5.17. The molecule has 0 amide bonds. The van der Waals surface area contributed by atoms with Gasteiger partial charge in [0.05, 0.1) is 11.2 Å². The first kappa shape index (κ1) is 12.0. The summed E-state index contributed by atoms with van der Waals surface area (Å²) in [5.41, 5.74) is 3.14. The van der Waals surface area contributed by atoms with Gasteiger partial charge < -0.3 is 10.1 Å². The molecule has 1 unspecified atom stereocenters. The van der Waals surface area contributed by atoms with Crippen LogP contribution in [0.4, 0.5) is 0 Å². The Morgan fingerprint density at radius 2 is 2.31 bits per heavy atom. The number of nitrogens with one attached hydrogen (secondary N) is 1. The van der Waals surface area contributed by atoms with Gasteiger partial charge in [0.25, 0.3) is 0 Å². The van der Waals surface area contributed by atoms with Crippen LogP contribution < -0.4 is 5.32 Å². The van der Waals surface area contributed by atoms with Gasteiger partial charge in [-0.3, -0.25) is 0 Å². The van der Waals surface area contributed by atoms with Gasteiger partial charge in [-0.2, -0.15) is 0 Å². The Kier molecular flexibility index (Phi) is 4.32. The number of aryl methyl sites for hydroxylation is 1. The van der Waals surface area contributed by atoms with Gasteiger partial charge in [-0.05, 0) is 32.2 Å². The SMILES string of the molecule is CCNC(c1scnc1C)C1CCOCC1. The van der Waals surface area contributed by atoms with Gasteiger partial charge in [-0.25, -0.2) is 4.98 Å². The average molecular weight is 240 g/mol. The van der Waals surface area contributed by atoms with Crippen molar-refractivity contribution < 1.29 is 4.74 Å². The molecule has 0 aliphatic carbocycles. The summed E-state index contributed by atoms with van der Waals surface area (Å²) < 4.78 is 5.44. The molecule has 0 saturated carbocycles. The maximum Gasteiger partial charge on any atom is 0.0798 e. The molecule has 1 saturated heterocycles. The predicted octanol–water partition coefficient (Wildman–Crippen LogP) is 2.53. The maximum absolute atomic E-state index is 5.44. The minimum atomic E-state index is 0.474. The van der Waals surface area contributed by atoms with Gasteiger partial charge >= 0.3 is 0 Å². The van der Waals surface area contributed by atoms with Gasteiger partial charge in [-0.1, -0.05) is 6.92 Å². The molecule has 16 heavy (non-hydrogen) atoms. The van der Waals surface area contributed by atoms with Crippen LogP contribution in [-0.4, -0.2) is 24.7 Å². The van der Waals surface area contributed by atoms with E-state index in [1.807, 2.05) is 5.51 Å². The zero-order chi connectivity index (χ0) is 11.4. The molecule has 0 radical (unpaired) electrons. The summed E-state index contributed by atoms with van der Waals surface area (Å²) in [6.07, 6.45) is 2.32. The second-order valence-electron chi connectivity index (χ2n) is 4.29. The van der Waals surface area contributed by atoms with Crippen molar-refractivity contribution in [1.82, 2.24) is 10.3 Å². The lowest BCUT2D eigenvalue weighted by atomic mass is 9.90. The zero-order valence-electron chi connectivity index (χ0n) is 10.0. The second kappa shape index (κ2) is 5.75. The fourth-order valence-corrected chi connectivity index (χ4v) is 3.32. The minimum absolute atomic E-state index is 0.474. The first-order valence-corrected chi connectivity index (χ1v) is 6.92. The molecule has 0 bridgehead atoms. The van der Waals surface area contributed by atoms with Crippen LogP contribution in [0.15, 0.2) is 5.51 Å². The molecule has 2 rings (SSSR count). The molecule has 1 fully saturated rings. The van der Waals surface area contributed by atoms with Crippen molar-refractivity contribution in [2.24, 2.45) is 5.92 Å². The fraction of sp³-hybridized carbons (Fsp3) is 0.750. The first-order valence-electron chi connectivity index (χ1n) is 6.04. The maximum atomic E-state index is 5.44. The zero-order valence-corrected chi connectivity index (χ0v) is 10.8. The van der Waals surface area contributed by atoms with Crippen molar-refractivity contribution >= 4 is 11.3 Å². The van der Waals surface area contributed by atoms with Crippen molar-refractivity contribution in [3.63, 3.8) is 0 Å². The molecule has 1 aromatic rings. The molecule has 1 aromatic heterocycles. The van der Waals surface area contributed by atoms with Gasteiger partial charge in [0, 0.05) is 24.1 Å². The third-order valence-electron chi connectivity index (χ3n) is 3.23. The first-order chi connectivity index (χ1) is 7.83. The van der Waals surface area contributed by atoms with Crippen molar-refractivity contribution in [2.75, 3.05) is 19.8 Å². The Bertz CT molecular complexity index is 321. The average Bonchev–Trinajstić information content (AvgIpc) is 2.73. The highest BCUT2D eigenvalue weighted by atomic mass is 32.1. The van der Waals surface area contributed by atoms with Gasteiger partial charge in [0.2, 0.25) is 0 Å². The standard InChI is InChI=1S/C12H20N2OS/c1-3-13-11(10-4-6-15-7-5-10)12-9(2)14-8-16-12/h8,10-11,13H,3-7H2,1-2H3. The summed E-state index contributed by atoms with van der Waals surface area (Å²) >= 11 is 1.78. The van der Waals surface area contributed by atoms with E-state index in [0.29, 0.717) is 12.0 Å². The van der Waals surface area contributed by atoms with E-state index in [9.17, 15) is 0 Å². The number of rotatable bonds is 4. The summed E-state index contributed by atoms with van der Waals surface area (Å²) in [7, 11) is 0. The monoisotopic (exact) mass is 240 g/mol. The third kappa shape index (κ3) is 2.62. The molecule has 2 heterocycles. The Labute approximate surface area is 101 Å². The topological polar surface area (TPSA) is 34.2 Å². The minimum Gasteiger partial charge on any atom is -0.381 e. The summed E-state index contributed by atoms with van der Waals surface area (Å²) in [5, 5.41) is 3.61. The molecular formula is C12H20N2OS. The highest BCUT2D eigenvalue weighted by molar-refractivity contribution is 7.09. The summed E-state index contributed by atoms with van der Waals surface area (Å²) in [4.78, 5) is 5.77. The summed E-state index contributed by atoms with van der Waals surface area (Å²) in [6.45, 7) is 7.10. The molecule has 0 aromatic carbocycles. The van der Waals surface area contributed by atoms with Crippen LogP contribution in [0.1, 0.15) is 36.4 Å². The van der Waals surface area contributed by atoms with Crippen LogP contribution in [-0.2, 0) is 4.74 Å². The molecule has 1 N–H and O–H groups in total. The predicted molar refractivity (Wildman–Crippen MR) is 66.8 cm³/mol. The lowest BCUT2D eigenvalue weighted by Crippen LogP contribution is -2.32. The lowest BCUT2D eigenvalue weighted by Gasteiger charge is -2.30. The van der Waals surface area contributed by atoms with E-state index < -0.39 is 0 Å². The number of nitrogens with zero attached hydrogens (tertiary/aromatic N) is 1. The van der Waals surface area contributed by atoms with E-state index in [2.05, 4.69) is 24.1 Å². The number of thiazole rings is 1. The molecule has 0 spiro atoms. The lowest BCUT2D eigenvalue weighted by molar-refractivity contribution is 0.0541. The smallest absolute Gasteiger partial charge is 0.0798 e. The molecule has 1 aliphatic heterocycles. The van der Waals surface area contributed by atoms with E-state index in [1.54, 1.807) is 11.3 Å². The normalized spacial score (nSPS) is 19.9. The Hall–Kier alpha value is -0.450. The van der Waals surface area contributed by atoms with Crippen molar-refractivity contribution in [2.45, 2.75) is 32.7 Å². The molecular weight excluding hydrogens is 220 g/mol. The van der Waals surface area contributed by atoms with Gasteiger partial charge in [-0.15, -0.1) is 11.3 Å². The molecule has 90 valence electrons. The number of ether oxygens (including phenoxy) is 1. The van der Waals surface area contributed by atoms with Crippen LogP contribution in [0, 0.1) is 12.8 Å².